The Bertz CT molecular complexity index is 504. The Balaban J connectivity index is 2.60. The standard InChI is InChI=1S/C12H15N3O4S/c1-20-8-4-2-7(3-5-8)14-12(19)15-9(11(17)18)6-10(13)16/h2-5,9H,6H2,1H3,(H2,13,16)(H,17,18)(H2,14,15,19). The van der Waals surface area contributed by atoms with E-state index in [1.165, 1.54) is 0 Å². The fraction of sp³-hybridized carbons (Fsp3) is 0.250. The lowest BCUT2D eigenvalue weighted by atomic mass is 10.2. The highest BCUT2D eigenvalue weighted by Crippen LogP contribution is 2.17. The Hall–Kier alpha value is -2.22. The van der Waals surface area contributed by atoms with E-state index in [4.69, 9.17) is 10.8 Å². The van der Waals surface area contributed by atoms with Gasteiger partial charge in [-0.1, -0.05) is 0 Å². The molecule has 1 aromatic rings. The molecule has 7 nitrogen and oxygen atoms in total. The molecule has 8 heteroatoms. The van der Waals surface area contributed by atoms with Gasteiger partial charge in [0.15, 0.2) is 0 Å². The normalized spacial score (nSPS) is 11.4. The number of primary amides is 1. The first-order chi connectivity index (χ1) is 9.42. The molecule has 20 heavy (non-hydrogen) atoms. The topological polar surface area (TPSA) is 122 Å². The summed E-state index contributed by atoms with van der Waals surface area (Å²) < 4.78 is 0. The number of nitrogens with one attached hydrogen (secondary N) is 2. The van der Waals surface area contributed by atoms with Crippen molar-refractivity contribution in [3.8, 4) is 0 Å². The van der Waals surface area contributed by atoms with Crippen LogP contribution >= 0.6 is 11.8 Å². The smallest absolute Gasteiger partial charge is 0.326 e. The maximum Gasteiger partial charge on any atom is 0.326 e. The van der Waals surface area contributed by atoms with E-state index < -0.39 is 30.4 Å². The lowest BCUT2D eigenvalue weighted by molar-refractivity contribution is -0.140. The third-order valence-electron chi connectivity index (χ3n) is 2.36. The van der Waals surface area contributed by atoms with Crippen LogP contribution in [0.4, 0.5) is 10.5 Å². The molecule has 0 aliphatic heterocycles. The average molecular weight is 297 g/mol. The van der Waals surface area contributed by atoms with E-state index in [0.717, 1.165) is 4.90 Å². The molecule has 0 aromatic heterocycles. The van der Waals surface area contributed by atoms with E-state index in [9.17, 15) is 14.4 Å². The summed E-state index contributed by atoms with van der Waals surface area (Å²) in [5.41, 5.74) is 5.43. The Kier molecular flexibility index (Phi) is 5.85. The van der Waals surface area contributed by atoms with Crippen molar-refractivity contribution in [1.29, 1.82) is 0 Å². The summed E-state index contributed by atoms with van der Waals surface area (Å²) in [7, 11) is 0. The van der Waals surface area contributed by atoms with Crippen LogP contribution in [0.25, 0.3) is 0 Å². The van der Waals surface area contributed by atoms with Crippen molar-refractivity contribution < 1.29 is 19.5 Å². The van der Waals surface area contributed by atoms with Gasteiger partial charge in [-0.05, 0) is 30.5 Å². The Morgan fingerprint density at radius 1 is 1.30 bits per heavy atom. The van der Waals surface area contributed by atoms with Gasteiger partial charge < -0.3 is 21.5 Å². The van der Waals surface area contributed by atoms with E-state index >= 15 is 0 Å². The number of rotatable bonds is 6. The number of aliphatic carboxylic acids is 1. The minimum atomic E-state index is -1.35. The van der Waals surface area contributed by atoms with E-state index in [2.05, 4.69) is 10.6 Å². The van der Waals surface area contributed by atoms with Crippen LogP contribution in [0.15, 0.2) is 29.2 Å². The summed E-state index contributed by atoms with van der Waals surface area (Å²) in [6.07, 6.45) is 1.46. The van der Waals surface area contributed by atoms with Crippen molar-refractivity contribution in [3.63, 3.8) is 0 Å². The molecular formula is C12H15N3O4S. The fourth-order valence-electron chi connectivity index (χ4n) is 1.40. The number of carboxylic acid groups (broad SMARTS) is 1. The van der Waals surface area contributed by atoms with Crippen LogP contribution in [0.1, 0.15) is 6.42 Å². The molecule has 0 spiro atoms. The Morgan fingerprint density at radius 2 is 1.90 bits per heavy atom. The quantitative estimate of drug-likeness (QED) is 0.580. The van der Waals surface area contributed by atoms with E-state index in [0.29, 0.717) is 5.69 Å². The summed E-state index contributed by atoms with van der Waals surface area (Å²) in [5, 5.41) is 13.5. The minimum Gasteiger partial charge on any atom is -0.480 e. The number of anilines is 1. The molecule has 0 aliphatic carbocycles. The first-order valence-corrected chi connectivity index (χ1v) is 6.87. The van der Waals surface area contributed by atoms with E-state index in [1.54, 1.807) is 23.9 Å². The van der Waals surface area contributed by atoms with Gasteiger partial charge in [-0.2, -0.15) is 0 Å². The second-order valence-electron chi connectivity index (χ2n) is 3.89. The zero-order valence-corrected chi connectivity index (χ0v) is 11.6. The van der Waals surface area contributed by atoms with Crippen LogP contribution in [0.3, 0.4) is 0 Å². The highest BCUT2D eigenvalue weighted by Gasteiger charge is 2.21. The zero-order chi connectivity index (χ0) is 15.1. The number of thioether (sulfide) groups is 1. The summed E-state index contributed by atoms with van der Waals surface area (Å²) in [4.78, 5) is 34.2. The van der Waals surface area contributed by atoms with Gasteiger partial charge in [0.25, 0.3) is 0 Å². The molecule has 1 rings (SSSR count). The van der Waals surface area contributed by atoms with Gasteiger partial charge in [-0.3, -0.25) is 4.79 Å². The number of amides is 3. The van der Waals surface area contributed by atoms with Gasteiger partial charge in [0.2, 0.25) is 5.91 Å². The summed E-state index contributed by atoms with van der Waals surface area (Å²) in [6.45, 7) is 0. The molecule has 1 unspecified atom stereocenters. The molecule has 0 saturated carbocycles. The van der Waals surface area contributed by atoms with Crippen LogP contribution in [0, 0.1) is 0 Å². The third-order valence-corrected chi connectivity index (χ3v) is 3.10. The molecule has 0 radical (unpaired) electrons. The van der Waals surface area contributed by atoms with Crippen molar-refractivity contribution >= 4 is 35.4 Å². The summed E-state index contributed by atoms with van der Waals surface area (Å²) in [5.74, 6) is -2.13. The first kappa shape index (κ1) is 15.8. The highest BCUT2D eigenvalue weighted by atomic mass is 32.2. The van der Waals surface area contributed by atoms with Crippen LogP contribution in [-0.2, 0) is 9.59 Å². The number of nitrogens with two attached hydrogens (primary N) is 1. The number of benzene rings is 1. The molecule has 3 amide bonds. The molecule has 1 atom stereocenters. The van der Waals surface area contributed by atoms with Gasteiger partial charge in [0, 0.05) is 10.6 Å². The average Bonchev–Trinajstić information content (AvgIpc) is 2.38. The van der Waals surface area contributed by atoms with Gasteiger partial charge in [0.1, 0.15) is 6.04 Å². The van der Waals surface area contributed by atoms with Gasteiger partial charge in [0.05, 0.1) is 6.42 Å². The van der Waals surface area contributed by atoms with E-state index in [1.807, 2.05) is 18.4 Å². The molecule has 0 fully saturated rings. The lowest BCUT2D eigenvalue weighted by Gasteiger charge is -2.13. The second kappa shape index (κ2) is 7.39. The first-order valence-electron chi connectivity index (χ1n) is 5.65. The van der Waals surface area contributed by atoms with Crippen molar-refractivity contribution in [1.82, 2.24) is 5.32 Å². The molecule has 5 N–H and O–H groups in total. The number of carbonyl (C=O) groups excluding carboxylic acids is 2. The van der Waals surface area contributed by atoms with Crippen molar-refractivity contribution in [2.45, 2.75) is 17.4 Å². The number of hydrogen-bond acceptors (Lipinski definition) is 4. The predicted molar refractivity (Wildman–Crippen MR) is 75.6 cm³/mol. The van der Waals surface area contributed by atoms with Crippen molar-refractivity contribution in [3.05, 3.63) is 24.3 Å². The maximum absolute atomic E-state index is 11.6. The molecule has 108 valence electrons. The van der Waals surface area contributed by atoms with Crippen LogP contribution in [-0.4, -0.2) is 35.3 Å². The highest BCUT2D eigenvalue weighted by molar-refractivity contribution is 7.98. The summed E-state index contributed by atoms with van der Waals surface area (Å²) >= 11 is 1.56. The minimum absolute atomic E-state index is 0.464. The third kappa shape index (κ3) is 5.19. The van der Waals surface area contributed by atoms with Gasteiger partial charge >= 0.3 is 12.0 Å². The molecule has 0 bridgehead atoms. The number of urea groups is 1. The molecule has 0 aliphatic rings. The molecule has 1 aromatic carbocycles. The second-order valence-corrected chi connectivity index (χ2v) is 4.77. The van der Waals surface area contributed by atoms with Crippen LogP contribution in [0.5, 0.6) is 0 Å². The number of carboxylic acids is 1. The zero-order valence-electron chi connectivity index (χ0n) is 10.8. The van der Waals surface area contributed by atoms with Crippen molar-refractivity contribution in [2.24, 2.45) is 5.73 Å². The monoisotopic (exact) mass is 297 g/mol. The largest absolute Gasteiger partial charge is 0.480 e. The van der Waals surface area contributed by atoms with Crippen molar-refractivity contribution in [2.75, 3.05) is 11.6 Å². The number of hydrogen-bond donors (Lipinski definition) is 4. The lowest BCUT2D eigenvalue weighted by Crippen LogP contribution is -2.45. The summed E-state index contributed by atoms with van der Waals surface area (Å²) in [6, 6.07) is 4.95. The van der Waals surface area contributed by atoms with E-state index in [-0.39, 0.29) is 0 Å². The SMILES string of the molecule is CSc1ccc(NC(=O)NC(CC(N)=O)C(=O)O)cc1. The predicted octanol–water partition coefficient (Wildman–Crippen LogP) is 0.859. The Labute approximate surface area is 119 Å². The fourth-order valence-corrected chi connectivity index (χ4v) is 1.81. The van der Waals surface area contributed by atoms with Crippen LogP contribution < -0.4 is 16.4 Å². The number of carbonyl (C=O) groups is 3. The molecular weight excluding hydrogens is 282 g/mol. The van der Waals surface area contributed by atoms with Gasteiger partial charge in [-0.15, -0.1) is 11.8 Å². The van der Waals surface area contributed by atoms with Gasteiger partial charge in [-0.25, -0.2) is 9.59 Å². The maximum atomic E-state index is 11.6. The molecule has 0 saturated heterocycles. The van der Waals surface area contributed by atoms with Crippen LogP contribution in [0.2, 0.25) is 0 Å². The Morgan fingerprint density at radius 3 is 2.35 bits per heavy atom. The molecule has 0 heterocycles.